The summed E-state index contributed by atoms with van der Waals surface area (Å²) in [5, 5.41) is 49.4. The fourth-order valence-corrected chi connectivity index (χ4v) is 3.06. The number of hydrogen-bond donors (Lipinski definition) is 8. The number of nitrogens with two attached hydrogens (primary N) is 3. The zero-order chi connectivity index (χ0) is 17.5. The van der Waals surface area contributed by atoms with Crippen LogP contribution in [-0.2, 0) is 9.47 Å². The van der Waals surface area contributed by atoms with Crippen LogP contribution in [0, 0.1) is 0 Å². The van der Waals surface area contributed by atoms with Crippen LogP contribution in [0.15, 0.2) is 0 Å². The Morgan fingerprint density at radius 3 is 1.85 bits per heavy atom. The molecular formula is C17H43N3O7. The van der Waals surface area contributed by atoms with E-state index in [1.54, 1.807) is 0 Å². The Bertz CT molecular complexity index is 405. The number of hydrogen-bond acceptors (Lipinski definition) is 10. The van der Waals surface area contributed by atoms with Crippen LogP contribution in [0.1, 0.15) is 43.1 Å². The van der Waals surface area contributed by atoms with E-state index in [-0.39, 0.29) is 36.1 Å². The summed E-state index contributed by atoms with van der Waals surface area (Å²) >= 11 is 0. The summed E-state index contributed by atoms with van der Waals surface area (Å²) in [7, 11) is 0. The molecule has 0 spiro atoms. The summed E-state index contributed by atoms with van der Waals surface area (Å²) in [6.45, 7) is 1.39. The van der Waals surface area contributed by atoms with E-state index < -0.39 is 67.1 Å². The van der Waals surface area contributed by atoms with Gasteiger partial charge in [-0.25, -0.2) is 0 Å². The van der Waals surface area contributed by atoms with E-state index in [0.717, 1.165) is 0 Å². The van der Waals surface area contributed by atoms with Crippen molar-refractivity contribution in [2.75, 3.05) is 0 Å². The van der Waals surface area contributed by atoms with Crippen LogP contribution >= 0.6 is 0 Å². The van der Waals surface area contributed by atoms with E-state index in [2.05, 4.69) is 0 Å². The summed E-state index contributed by atoms with van der Waals surface area (Å²) in [6.07, 6.45) is -9.55. The number of aliphatic hydroxyl groups excluding tert-OH is 5. The molecule has 27 heavy (non-hydrogen) atoms. The van der Waals surface area contributed by atoms with Crippen LogP contribution in [0.5, 0.6) is 0 Å². The van der Waals surface area contributed by atoms with Gasteiger partial charge in [-0.3, -0.25) is 0 Å². The monoisotopic (exact) mass is 401 g/mol. The van der Waals surface area contributed by atoms with E-state index in [1.165, 1.54) is 6.92 Å². The fraction of sp³-hybridized carbons (Fsp3) is 1.00. The van der Waals surface area contributed by atoms with Crippen molar-refractivity contribution in [3.63, 3.8) is 0 Å². The lowest BCUT2D eigenvalue weighted by atomic mass is 9.84. The van der Waals surface area contributed by atoms with Crippen molar-refractivity contribution in [2.24, 2.45) is 17.2 Å². The second kappa shape index (κ2) is 12.2. The van der Waals surface area contributed by atoms with Crippen LogP contribution in [-0.4, -0.2) is 92.7 Å². The Hall–Kier alpha value is -0.400. The molecule has 0 aromatic carbocycles. The molecule has 5 unspecified atom stereocenters. The Labute approximate surface area is 163 Å². The van der Waals surface area contributed by atoms with E-state index >= 15 is 0 Å². The molecule has 11 N–H and O–H groups in total. The second-order valence-electron chi connectivity index (χ2n) is 6.41. The minimum Gasteiger partial charge on any atom is -0.391 e. The van der Waals surface area contributed by atoms with Crippen molar-refractivity contribution in [1.82, 2.24) is 0 Å². The number of rotatable bonds is 3. The van der Waals surface area contributed by atoms with Crippen LogP contribution < -0.4 is 17.2 Å². The smallest absolute Gasteiger partial charge is 0.176 e. The largest absolute Gasteiger partial charge is 0.391 e. The fourth-order valence-electron chi connectivity index (χ4n) is 3.06. The van der Waals surface area contributed by atoms with Gasteiger partial charge in [0.05, 0.1) is 18.2 Å². The maximum absolute atomic E-state index is 10.1. The lowest BCUT2D eigenvalue weighted by molar-refractivity contribution is -0.301. The summed E-state index contributed by atoms with van der Waals surface area (Å²) in [4.78, 5) is 0. The maximum atomic E-state index is 10.1. The molecule has 0 aromatic rings. The zero-order valence-corrected chi connectivity index (χ0v) is 12.8. The number of ether oxygens (including phenoxy) is 2. The Balaban J connectivity index is -0.00000144. The van der Waals surface area contributed by atoms with E-state index in [9.17, 15) is 25.5 Å². The Morgan fingerprint density at radius 1 is 0.852 bits per heavy atom. The average Bonchev–Trinajstić information content (AvgIpc) is 2.48. The van der Waals surface area contributed by atoms with Crippen LogP contribution in [0.2, 0.25) is 0 Å². The standard InChI is InChI=1S/C13H27N3O7.4CH4/c1-3(17)11-10(21)8(19)6(16)13(22-11)23-12-5(15)2-4(14)7(18)9(12)20;;;;/h3-13,17-21H,2,14-16H2,1H3;4*1H4/t3?,4-,5?,6?,7?,8-,9-,10+,11?,12-,13-;;;;/m1..../s1. The molecule has 0 aromatic heterocycles. The Kier molecular flexibility index (Phi) is 14.2. The van der Waals surface area contributed by atoms with Gasteiger partial charge in [-0.2, -0.15) is 0 Å². The van der Waals surface area contributed by atoms with Gasteiger partial charge in [0.1, 0.15) is 30.5 Å². The topological polar surface area (TPSA) is 198 Å². The summed E-state index contributed by atoms with van der Waals surface area (Å²) < 4.78 is 11.0. The van der Waals surface area contributed by atoms with Crippen molar-refractivity contribution < 1.29 is 35.0 Å². The highest BCUT2D eigenvalue weighted by molar-refractivity contribution is 4.99. The van der Waals surface area contributed by atoms with Crippen LogP contribution in [0.3, 0.4) is 0 Å². The van der Waals surface area contributed by atoms with Gasteiger partial charge in [-0.05, 0) is 13.3 Å². The maximum Gasteiger partial charge on any atom is 0.176 e. The highest BCUT2D eigenvalue weighted by atomic mass is 16.7. The van der Waals surface area contributed by atoms with Crippen LogP contribution in [0.25, 0.3) is 0 Å². The van der Waals surface area contributed by atoms with E-state index in [4.69, 9.17) is 26.7 Å². The van der Waals surface area contributed by atoms with Gasteiger partial charge in [0.15, 0.2) is 6.29 Å². The SMILES string of the molecule is C.C.C.C.CC(O)C1O[C@H](O[C@@H]2C(N)C[C@@H](N)C(O)[C@H]2O)C(N)[C@@H](O)[C@@H]1O. The lowest BCUT2D eigenvalue weighted by Gasteiger charge is -2.46. The molecule has 0 radical (unpaired) electrons. The molecule has 1 saturated carbocycles. The molecule has 10 heteroatoms. The first kappa shape index (κ1) is 31.3. The summed E-state index contributed by atoms with van der Waals surface area (Å²) in [5.74, 6) is 0. The first-order chi connectivity index (χ1) is 10.6. The van der Waals surface area contributed by atoms with Gasteiger partial charge in [-0.1, -0.05) is 29.7 Å². The molecular weight excluding hydrogens is 358 g/mol. The molecule has 11 atom stereocenters. The Morgan fingerprint density at radius 2 is 1.37 bits per heavy atom. The molecule has 10 nitrogen and oxygen atoms in total. The van der Waals surface area contributed by atoms with Crippen molar-refractivity contribution in [3.05, 3.63) is 0 Å². The third kappa shape index (κ3) is 6.29. The third-order valence-electron chi connectivity index (χ3n) is 4.54. The molecule has 1 aliphatic heterocycles. The van der Waals surface area contributed by atoms with Gasteiger partial charge >= 0.3 is 0 Å². The molecule has 168 valence electrons. The minimum absolute atomic E-state index is 0. The molecule has 1 aliphatic carbocycles. The van der Waals surface area contributed by atoms with Crippen molar-refractivity contribution in [3.8, 4) is 0 Å². The van der Waals surface area contributed by atoms with E-state index in [1.807, 2.05) is 0 Å². The molecule has 2 aliphatic rings. The van der Waals surface area contributed by atoms with Crippen LogP contribution in [0.4, 0.5) is 0 Å². The molecule has 1 heterocycles. The summed E-state index contributed by atoms with van der Waals surface area (Å²) in [6, 6.07) is -2.47. The predicted octanol–water partition coefficient (Wildman–Crippen LogP) is -2.15. The third-order valence-corrected chi connectivity index (χ3v) is 4.54. The lowest BCUT2D eigenvalue weighted by Crippen LogP contribution is -2.67. The molecule has 1 saturated heterocycles. The molecule has 2 rings (SSSR count). The zero-order valence-electron chi connectivity index (χ0n) is 12.8. The second-order valence-corrected chi connectivity index (χ2v) is 6.41. The quantitative estimate of drug-likeness (QED) is 0.258. The van der Waals surface area contributed by atoms with Gasteiger partial charge in [-0.15, -0.1) is 0 Å². The first-order valence-electron chi connectivity index (χ1n) is 7.63. The van der Waals surface area contributed by atoms with E-state index in [0.29, 0.717) is 0 Å². The van der Waals surface area contributed by atoms with Crippen molar-refractivity contribution in [2.45, 2.75) is 110 Å². The molecule has 0 amide bonds. The van der Waals surface area contributed by atoms with Crippen molar-refractivity contribution in [1.29, 1.82) is 0 Å². The van der Waals surface area contributed by atoms with Gasteiger partial charge in [0, 0.05) is 12.1 Å². The van der Waals surface area contributed by atoms with Crippen molar-refractivity contribution >= 4 is 0 Å². The normalized spacial score (nSPS) is 45.2. The summed E-state index contributed by atoms with van der Waals surface area (Å²) in [5.41, 5.74) is 17.4. The molecule has 2 fully saturated rings. The minimum atomic E-state index is -1.39. The first-order valence-corrected chi connectivity index (χ1v) is 7.63. The highest BCUT2D eigenvalue weighted by Crippen LogP contribution is 2.28. The number of aliphatic hydroxyl groups is 5. The van der Waals surface area contributed by atoms with Gasteiger partial charge in [0.2, 0.25) is 0 Å². The van der Waals surface area contributed by atoms with Gasteiger partial charge < -0.3 is 52.2 Å². The van der Waals surface area contributed by atoms with Gasteiger partial charge in [0.25, 0.3) is 0 Å². The average molecular weight is 402 g/mol. The highest BCUT2D eigenvalue weighted by Gasteiger charge is 2.49. The predicted molar refractivity (Wildman–Crippen MR) is 105 cm³/mol. The molecule has 0 bridgehead atoms.